The lowest BCUT2D eigenvalue weighted by molar-refractivity contribution is -0.106. The van der Waals surface area contributed by atoms with Gasteiger partial charge >= 0.3 is 10.2 Å². The monoisotopic (exact) mass is 354 g/mol. The van der Waals surface area contributed by atoms with Crippen molar-refractivity contribution in [2.75, 3.05) is 9.03 Å². The molecule has 25 heavy (non-hydrogen) atoms. The topological polar surface area (TPSA) is 98.1 Å². The van der Waals surface area contributed by atoms with Crippen molar-refractivity contribution in [1.29, 1.82) is 0 Å². The highest BCUT2D eigenvalue weighted by molar-refractivity contribution is 7.94. The second kappa shape index (κ2) is 5.67. The van der Waals surface area contributed by atoms with Gasteiger partial charge in [0.2, 0.25) is 6.41 Å². The van der Waals surface area contributed by atoms with Gasteiger partial charge in [-0.1, -0.05) is 12.1 Å². The smallest absolute Gasteiger partial charge is 0.330 e. The van der Waals surface area contributed by atoms with Crippen molar-refractivity contribution in [3.63, 3.8) is 0 Å². The standard InChI is InChI=1S/C17H14N4O3S/c22-11-21(15-4-2-13-6-8-19-17(13)10-15)25(23,24)20-14-3-1-12-5-7-18-16(12)9-14/h1-11,18-20H. The number of anilines is 2. The Morgan fingerprint density at radius 1 is 0.880 bits per heavy atom. The number of H-pyrrole nitrogens is 2. The summed E-state index contributed by atoms with van der Waals surface area (Å²) in [6, 6.07) is 13.8. The van der Waals surface area contributed by atoms with Gasteiger partial charge in [-0.2, -0.15) is 12.7 Å². The highest BCUT2D eigenvalue weighted by atomic mass is 32.2. The Morgan fingerprint density at radius 3 is 2.20 bits per heavy atom. The molecular weight excluding hydrogens is 340 g/mol. The number of hydrogen-bond donors (Lipinski definition) is 3. The third-order valence-electron chi connectivity index (χ3n) is 3.95. The summed E-state index contributed by atoms with van der Waals surface area (Å²) in [6.07, 6.45) is 3.80. The van der Waals surface area contributed by atoms with Gasteiger partial charge in [-0.15, -0.1) is 0 Å². The average molecular weight is 354 g/mol. The fourth-order valence-electron chi connectivity index (χ4n) is 2.74. The lowest BCUT2D eigenvalue weighted by Gasteiger charge is -2.19. The maximum atomic E-state index is 12.6. The molecule has 0 saturated carbocycles. The molecule has 0 aliphatic carbocycles. The van der Waals surface area contributed by atoms with Gasteiger partial charge in [-0.25, -0.2) is 0 Å². The van der Waals surface area contributed by atoms with Crippen molar-refractivity contribution in [3.05, 3.63) is 60.9 Å². The molecule has 126 valence electrons. The quantitative estimate of drug-likeness (QED) is 0.481. The van der Waals surface area contributed by atoms with Crippen molar-refractivity contribution < 1.29 is 13.2 Å². The Bertz CT molecular complexity index is 1180. The van der Waals surface area contributed by atoms with E-state index in [0.717, 1.165) is 21.8 Å². The Kier molecular flexibility index (Phi) is 3.47. The number of fused-ring (bicyclic) bond motifs is 2. The Balaban J connectivity index is 1.69. The van der Waals surface area contributed by atoms with Gasteiger partial charge < -0.3 is 9.97 Å². The summed E-state index contributed by atoms with van der Waals surface area (Å²) in [5, 5.41) is 1.89. The number of aromatic nitrogens is 2. The van der Waals surface area contributed by atoms with Gasteiger partial charge in [-0.3, -0.25) is 9.52 Å². The summed E-state index contributed by atoms with van der Waals surface area (Å²) in [6.45, 7) is 0. The van der Waals surface area contributed by atoms with Crippen molar-refractivity contribution in [3.8, 4) is 0 Å². The zero-order valence-corrected chi connectivity index (χ0v) is 13.7. The Hall–Kier alpha value is -3.26. The molecule has 3 N–H and O–H groups in total. The first-order chi connectivity index (χ1) is 12.1. The van der Waals surface area contributed by atoms with Crippen LogP contribution < -0.4 is 9.03 Å². The van der Waals surface area contributed by atoms with Crippen molar-refractivity contribution in [1.82, 2.24) is 9.97 Å². The third kappa shape index (κ3) is 2.72. The van der Waals surface area contributed by atoms with Crippen LogP contribution in [-0.4, -0.2) is 24.8 Å². The van der Waals surface area contributed by atoms with Crippen LogP contribution in [0.3, 0.4) is 0 Å². The summed E-state index contributed by atoms with van der Waals surface area (Å²) in [5.41, 5.74) is 2.15. The number of hydrogen-bond acceptors (Lipinski definition) is 3. The lowest BCUT2D eigenvalue weighted by Crippen LogP contribution is -2.34. The number of benzene rings is 2. The molecule has 2 aromatic heterocycles. The minimum atomic E-state index is -4.09. The van der Waals surface area contributed by atoms with E-state index in [9.17, 15) is 13.2 Å². The van der Waals surface area contributed by atoms with Crippen molar-refractivity contribution >= 4 is 49.8 Å². The zero-order valence-electron chi connectivity index (χ0n) is 12.9. The van der Waals surface area contributed by atoms with Crippen LogP contribution in [0.1, 0.15) is 0 Å². The molecule has 2 aromatic carbocycles. The molecule has 0 saturated heterocycles. The maximum Gasteiger partial charge on any atom is 0.330 e. The predicted octanol–water partition coefficient (Wildman–Crippen LogP) is 2.97. The van der Waals surface area contributed by atoms with Gasteiger partial charge in [0.05, 0.1) is 11.4 Å². The minimum absolute atomic E-state index is 0.249. The maximum absolute atomic E-state index is 12.6. The first-order valence-corrected chi connectivity index (χ1v) is 8.93. The van der Waals surface area contributed by atoms with Gasteiger partial charge in [0.25, 0.3) is 0 Å². The van der Waals surface area contributed by atoms with E-state index in [2.05, 4.69) is 14.7 Å². The highest BCUT2D eigenvalue weighted by Crippen LogP contribution is 2.24. The van der Waals surface area contributed by atoms with Crippen LogP contribution in [0.15, 0.2) is 60.9 Å². The summed E-state index contributed by atoms with van der Waals surface area (Å²) >= 11 is 0. The molecule has 4 aromatic rings. The fraction of sp³-hybridized carbons (Fsp3) is 0. The SMILES string of the molecule is O=CN(c1ccc2cc[nH]c2c1)S(=O)(=O)Nc1ccc2cc[nH]c2c1. The fourth-order valence-corrected chi connectivity index (χ4v) is 3.77. The van der Waals surface area contributed by atoms with Crippen LogP contribution in [0.5, 0.6) is 0 Å². The van der Waals surface area contributed by atoms with E-state index < -0.39 is 10.2 Å². The molecule has 8 heteroatoms. The van der Waals surface area contributed by atoms with Crippen LogP contribution in [0.2, 0.25) is 0 Å². The number of aromatic amines is 2. The lowest BCUT2D eigenvalue weighted by atomic mass is 10.2. The van der Waals surface area contributed by atoms with Gasteiger partial charge in [-0.05, 0) is 47.2 Å². The van der Waals surface area contributed by atoms with E-state index in [1.54, 1.807) is 48.8 Å². The third-order valence-corrected chi connectivity index (χ3v) is 5.26. The summed E-state index contributed by atoms with van der Waals surface area (Å²) < 4.78 is 28.4. The molecule has 0 atom stereocenters. The van der Waals surface area contributed by atoms with Crippen LogP contribution in [0, 0.1) is 0 Å². The number of amides is 1. The molecule has 0 aliphatic rings. The number of nitrogens with one attached hydrogen (secondary N) is 3. The normalized spacial score (nSPS) is 11.7. The van der Waals surface area contributed by atoms with Crippen LogP contribution >= 0.6 is 0 Å². The zero-order chi connectivity index (χ0) is 17.4. The Morgan fingerprint density at radius 2 is 1.52 bits per heavy atom. The molecule has 1 amide bonds. The minimum Gasteiger partial charge on any atom is -0.361 e. The molecular formula is C17H14N4O3S. The average Bonchev–Trinajstić information content (AvgIpc) is 3.22. The molecule has 7 nitrogen and oxygen atoms in total. The van der Waals surface area contributed by atoms with E-state index in [0.29, 0.717) is 9.99 Å². The second-order valence-corrected chi connectivity index (χ2v) is 7.08. The van der Waals surface area contributed by atoms with Crippen molar-refractivity contribution in [2.45, 2.75) is 0 Å². The van der Waals surface area contributed by atoms with Crippen molar-refractivity contribution in [2.24, 2.45) is 0 Å². The van der Waals surface area contributed by atoms with Gasteiger partial charge in [0.15, 0.2) is 0 Å². The first-order valence-electron chi connectivity index (χ1n) is 7.48. The van der Waals surface area contributed by atoms with E-state index in [-0.39, 0.29) is 12.1 Å². The summed E-state index contributed by atoms with van der Waals surface area (Å²) in [5.74, 6) is 0. The number of carbonyl (C=O) groups excluding carboxylic acids is 1. The molecule has 0 spiro atoms. The molecule has 2 heterocycles. The highest BCUT2D eigenvalue weighted by Gasteiger charge is 2.22. The molecule has 0 fully saturated rings. The van der Waals surface area contributed by atoms with E-state index in [1.165, 1.54) is 0 Å². The van der Waals surface area contributed by atoms with Crippen LogP contribution in [0.4, 0.5) is 11.4 Å². The van der Waals surface area contributed by atoms with Crippen LogP contribution in [-0.2, 0) is 15.0 Å². The molecule has 0 aliphatic heterocycles. The second-order valence-electron chi connectivity index (χ2n) is 5.54. The van der Waals surface area contributed by atoms with E-state index >= 15 is 0 Å². The molecule has 4 rings (SSSR count). The molecule has 0 radical (unpaired) electrons. The number of nitrogens with zero attached hydrogens (tertiary/aromatic N) is 1. The summed E-state index contributed by atoms with van der Waals surface area (Å²) in [7, 11) is -4.09. The van der Waals surface area contributed by atoms with Gasteiger partial charge in [0, 0.05) is 23.4 Å². The largest absolute Gasteiger partial charge is 0.361 e. The number of rotatable bonds is 5. The van der Waals surface area contributed by atoms with E-state index in [1.807, 2.05) is 12.1 Å². The Labute approximate surface area is 143 Å². The van der Waals surface area contributed by atoms with Gasteiger partial charge in [0.1, 0.15) is 0 Å². The first kappa shape index (κ1) is 15.3. The predicted molar refractivity (Wildman–Crippen MR) is 97.7 cm³/mol. The van der Waals surface area contributed by atoms with Crippen LogP contribution in [0.25, 0.3) is 21.8 Å². The molecule has 0 bridgehead atoms. The van der Waals surface area contributed by atoms with E-state index in [4.69, 9.17) is 0 Å². The molecule has 0 unspecified atom stereocenters. The summed E-state index contributed by atoms with van der Waals surface area (Å²) in [4.78, 5) is 17.5. The number of carbonyl (C=O) groups is 1.